The summed E-state index contributed by atoms with van der Waals surface area (Å²) in [5.74, 6) is 0.494. The Labute approximate surface area is 214 Å². The molecular formula is C27H37Cl2N3O2. The van der Waals surface area contributed by atoms with Crippen molar-refractivity contribution in [2.45, 2.75) is 59.8 Å². The highest BCUT2D eigenvalue weighted by atomic mass is 35.5. The highest BCUT2D eigenvalue weighted by Gasteiger charge is 2.14. The molecule has 0 spiro atoms. The van der Waals surface area contributed by atoms with Gasteiger partial charge in [0.25, 0.3) is 0 Å². The molecule has 3 aromatic rings. The average molecular weight is 507 g/mol. The molecule has 0 amide bonds. The van der Waals surface area contributed by atoms with Crippen molar-refractivity contribution in [1.29, 1.82) is 0 Å². The van der Waals surface area contributed by atoms with Crippen LogP contribution in [0.4, 0.5) is 5.82 Å². The third-order valence-electron chi connectivity index (χ3n) is 5.04. The second-order valence-electron chi connectivity index (χ2n) is 7.25. The third-order valence-corrected chi connectivity index (χ3v) is 5.59. The number of anilines is 1. The summed E-state index contributed by atoms with van der Waals surface area (Å²) in [5.41, 5.74) is 12.3. The predicted molar refractivity (Wildman–Crippen MR) is 145 cm³/mol. The van der Waals surface area contributed by atoms with Crippen molar-refractivity contribution in [3.8, 4) is 11.3 Å². The van der Waals surface area contributed by atoms with E-state index in [1.807, 2.05) is 33.8 Å². The van der Waals surface area contributed by atoms with Gasteiger partial charge < -0.3 is 15.9 Å². The summed E-state index contributed by atoms with van der Waals surface area (Å²) in [6, 6.07) is 14.1. The molecule has 1 aliphatic rings. The van der Waals surface area contributed by atoms with Gasteiger partial charge in [-0.25, -0.2) is 9.97 Å². The first-order valence-electron chi connectivity index (χ1n) is 11.8. The van der Waals surface area contributed by atoms with Crippen LogP contribution in [-0.2, 0) is 25.7 Å². The predicted octanol–water partition coefficient (Wildman–Crippen LogP) is 6.33. The maximum Gasteiger partial charge on any atom is 0.145 e. The molecule has 0 radical (unpaired) electrons. The number of halogens is 2. The van der Waals surface area contributed by atoms with Crippen LogP contribution in [0.5, 0.6) is 0 Å². The van der Waals surface area contributed by atoms with Gasteiger partial charge in [0.15, 0.2) is 0 Å². The Balaban J connectivity index is 0.000000317. The first-order valence-corrected chi connectivity index (χ1v) is 12.6. The van der Waals surface area contributed by atoms with E-state index in [0.29, 0.717) is 15.9 Å². The molecule has 4 rings (SSSR count). The minimum Gasteiger partial charge on any atom is -0.394 e. The van der Waals surface area contributed by atoms with Crippen LogP contribution in [-0.4, -0.2) is 33.4 Å². The lowest BCUT2D eigenvalue weighted by Gasteiger charge is -2.12. The molecule has 5 nitrogen and oxygen atoms in total. The van der Waals surface area contributed by atoms with Gasteiger partial charge >= 0.3 is 0 Å². The van der Waals surface area contributed by atoms with Crippen molar-refractivity contribution in [3.63, 3.8) is 0 Å². The van der Waals surface area contributed by atoms with E-state index in [9.17, 15) is 0 Å². The smallest absolute Gasteiger partial charge is 0.145 e. The van der Waals surface area contributed by atoms with Crippen molar-refractivity contribution in [3.05, 3.63) is 75.0 Å². The molecule has 0 unspecified atom stereocenters. The van der Waals surface area contributed by atoms with Crippen LogP contribution in [0.1, 0.15) is 56.6 Å². The number of aliphatic hydroxyl groups excluding tert-OH is 2. The topological polar surface area (TPSA) is 92.3 Å². The van der Waals surface area contributed by atoms with Crippen LogP contribution in [0.15, 0.2) is 42.5 Å². The van der Waals surface area contributed by atoms with Crippen LogP contribution in [0.25, 0.3) is 11.3 Å². The minimum atomic E-state index is -0.125. The number of hydrogen-bond acceptors (Lipinski definition) is 5. The molecule has 0 atom stereocenters. The van der Waals surface area contributed by atoms with E-state index in [4.69, 9.17) is 39.1 Å². The monoisotopic (exact) mass is 505 g/mol. The number of hydrogen-bond donors (Lipinski definition) is 3. The lowest BCUT2D eigenvalue weighted by atomic mass is 10.1. The summed E-state index contributed by atoms with van der Waals surface area (Å²) in [7, 11) is 0. The molecule has 4 N–H and O–H groups in total. The van der Waals surface area contributed by atoms with Crippen molar-refractivity contribution in [2.75, 3.05) is 18.9 Å². The van der Waals surface area contributed by atoms with Crippen molar-refractivity contribution < 1.29 is 10.2 Å². The van der Waals surface area contributed by atoms with Crippen molar-refractivity contribution >= 4 is 29.0 Å². The number of fused-ring (bicyclic) bond motifs is 1. The molecule has 1 aromatic heterocycles. The Morgan fingerprint density at radius 1 is 0.853 bits per heavy atom. The molecule has 2 aromatic carbocycles. The number of nitrogens with zero attached hydrogens (tertiary/aromatic N) is 2. The fourth-order valence-electron chi connectivity index (χ4n) is 3.44. The second kappa shape index (κ2) is 16.4. The van der Waals surface area contributed by atoms with Crippen molar-refractivity contribution in [1.82, 2.24) is 9.97 Å². The molecular weight excluding hydrogens is 469 g/mol. The largest absolute Gasteiger partial charge is 0.394 e. The zero-order chi connectivity index (χ0) is 25.5. The molecule has 34 heavy (non-hydrogen) atoms. The highest BCUT2D eigenvalue weighted by molar-refractivity contribution is 6.36. The summed E-state index contributed by atoms with van der Waals surface area (Å²) in [6.45, 7) is 7.77. The van der Waals surface area contributed by atoms with Gasteiger partial charge in [0.05, 0.1) is 35.3 Å². The fraction of sp³-hybridized carbons (Fsp3) is 0.407. The van der Waals surface area contributed by atoms with Gasteiger partial charge in [0, 0.05) is 10.6 Å². The maximum atomic E-state index is 7.62. The van der Waals surface area contributed by atoms with E-state index in [-0.39, 0.29) is 13.2 Å². The summed E-state index contributed by atoms with van der Waals surface area (Å²) >= 11 is 12.2. The normalized spacial score (nSPS) is 11.2. The molecule has 0 saturated carbocycles. The van der Waals surface area contributed by atoms with Gasteiger partial charge in [-0.15, -0.1) is 0 Å². The number of aryl methyl sites for hydroxylation is 4. The van der Waals surface area contributed by atoms with Crippen LogP contribution < -0.4 is 5.73 Å². The molecule has 186 valence electrons. The van der Waals surface area contributed by atoms with E-state index in [0.717, 1.165) is 35.5 Å². The second-order valence-corrected chi connectivity index (χ2v) is 8.10. The number of aromatic nitrogens is 2. The molecule has 0 fully saturated rings. The molecule has 0 aliphatic heterocycles. The summed E-state index contributed by atoms with van der Waals surface area (Å²) < 4.78 is 0. The lowest BCUT2D eigenvalue weighted by molar-refractivity contribution is 0.186. The first-order chi connectivity index (χ1) is 16.4. The highest BCUT2D eigenvalue weighted by Crippen LogP contribution is 2.32. The summed E-state index contributed by atoms with van der Waals surface area (Å²) in [4.78, 5) is 9.03. The Bertz CT molecular complexity index is 988. The fourth-order valence-corrected chi connectivity index (χ4v) is 3.94. The van der Waals surface area contributed by atoms with Gasteiger partial charge in [0.2, 0.25) is 0 Å². The summed E-state index contributed by atoms with van der Waals surface area (Å²) in [6.07, 6.45) is 5.45. The number of nitrogens with two attached hydrogens (primary N) is 1. The van der Waals surface area contributed by atoms with Crippen LogP contribution >= 0.6 is 23.2 Å². The van der Waals surface area contributed by atoms with Gasteiger partial charge in [-0.3, -0.25) is 0 Å². The van der Waals surface area contributed by atoms with Gasteiger partial charge in [-0.2, -0.15) is 0 Å². The van der Waals surface area contributed by atoms with E-state index in [1.54, 1.807) is 23.3 Å². The van der Waals surface area contributed by atoms with E-state index >= 15 is 0 Å². The van der Waals surface area contributed by atoms with Crippen molar-refractivity contribution in [2.24, 2.45) is 0 Å². The maximum absolute atomic E-state index is 7.62. The van der Waals surface area contributed by atoms with E-state index in [2.05, 4.69) is 34.2 Å². The molecule has 1 heterocycles. The third kappa shape index (κ3) is 8.88. The molecule has 1 aliphatic carbocycles. The van der Waals surface area contributed by atoms with Crippen LogP contribution in [0, 0.1) is 0 Å². The van der Waals surface area contributed by atoms with E-state index in [1.165, 1.54) is 19.3 Å². The number of benzene rings is 2. The SMILES string of the molecule is CC.CCc1nc(-c2ccc(Cl)cc2Cl)c(CC)nc1N.OCCO.c1ccc2c(c1)CCC2. The Hall–Kier alpha value is -2.18. The average Bonchev–Trinajstić information content (AvgIpc) is 3.35. The quantitative estimate of drug-likeness (QED) is 0.385. The zero-order valence-electron chi connectivity index (χ0n) is 20.6. The minimum absolute atomic E-state index is 0.125. The molecule has 0 saturated heterocycles. The standard InChI is InChI=1S/C14H15Cl2N3.C9H10.C2H6O2.C2H6/c1-3-11-13(18-12(4-2)14(17)19-11)9-6-5-8(15)7-10(9)16;1-2-5-9-7-3-6-8(9)4-1;3-1-2-4;1-2/h5-7H,3-4H2,1-2H3,(H2,17,19);1-2,4-5H,3,6-7H2;3-4H,1-2H2;1-2H3. The van der Waals surface area contributed by atoms with Gasteiger partial charge in [-0.05, 0) is 61.4 Å². The first kappa shape index (κ1) is 29.9. The lowest BCUT2D eigenvalue weighted by Crippen LogP contribution is -2.06. The Kier molecular flexibility index (Phi) is 14.4. The van der Waals surface area contributed by atoms with Crippen LogP contribution in [0.3, 0.4) is 0 Å². The molecule has 7 heteroatoms. The van der Waals surface area contributed by atoms with Gasteiger partial charge in [0.1, 0.15) is 5.82 Å². The Morgan fingerprint density at radius 2 is 1.41 bits per heavy atom. The number of rotatable bonds is 4. The van der Waals surface area contributed by atoms with Gasteiger partial charge in [-0.1, -0.05) is 75.2 Å². The number of nitrogen functional groups attached to an aromatic ring is 1. The Morgan fingerprint density at radius 3 is 1.88 bits per heavy atom. The van der Waals surface area contributed by atoms with E-state index < -0.39 is 0 Å². The zero-order valence-corrected chi connectivity index (χ0v) is 22.1. The number of aliphatic hydroxyl groups is 2. The summed E-state index contributed by atoms with van der Waals surface area (Å²) in [5, 5.41) is 16.4. The van der Waals surface area contributed by atoms with Crippen LogP contribution in [0.2, 0.25) is 10.0 Å². The molecule has 0 bridgehead atoms.